The molecule has 0 spiro atoms. The minimum atomic E-state index is -0.512. The second-order valence-electron chi connectivity index (χ2n) is 4.68. The molecule has 22 heavy (non-hydrogen) atoms. The fourth-order valence-electron chi connectivity index (χ4n) is 1.87. The van der Waals surface area contributed by atoms with Crippen molar-refractivity contribution in [1.82, 2.24) is 20.2 Å². The maximum atomic E-state index is 11.9. The molecule has 1 aromatic carbocycles. The lowest BCUT2D eigenvalue weighted by Crippen LogP contribution is -2.41. The van der Waals surface area contributed by atoms with Gasteiger partial charge >= 0.3 is 6.03 Å². The van der Waals surface area contributed by atoms with Crippen LogP contribution in [0.25, 0.3) is 11.3 Å². The van der Waals surface area contributed by atoms with Crippen molar-refractivity contribution in [3.05, 3.63) is 36.5 Å². The van der Waals surface area contributed by atoms with E-state index < -0.39 is 11.3 Å². The molecule has 2 N–H and O–H groups in total. The summed E-state index contributed by atoms with van der Waals surface area (Å²) in [7, 11) is 3.37. The van der Waals surface area contributed by atoms with Crippen LogP contribution in [0.3, 0.4) is 0 Å². The van der Waals surface area contributed by atoms with E-state index in [1.807, 2.05) is 41.9 Å². The van der Waals surface area contributed by atoms with Gasteiger partial charge in [-0.2, -0.15) is 0 Å². The van der Waals surface area contributed by atoms with E-state index >= 15 is 0 Å². The summed E-state index contributed by atoms with van der Waals surface area (Å²) in [4.78, 5) is 27.4. The Morgan fingerprint density at radius 1 is 1.27 bits per heavy atom. The zero-order valence-electron chi connectivity index (χ0n) is 12.7. The molecule has 1 aromatic heterocycles. The normalized spacial score (nSPS) is 11.8. The second kappa shape index (κ2) is 7.13. The molecule has 116 valence electrons. The van der Waals surface area contributed by atoms with Crippen LogP contribution in [0, 0.1) is 0 Å². The number of urea groups is 1. The van der Waals surface area contributed by atoms with Crippen LogP contribution in [-0.2, 0) is 11.8 Å². The highest BCUT2D eigenvalue weighted by Crippen LogP contribution is 2.27. The van der Waals surface area contributed by atoms with Crippen LogP contribution < -0.4 is 10.6 Å². The lowest BCUT2D eigenvalue weighted by Gasteiger charge is -2.11. The Balaban J connectivity index is 2.10. The third kappa shape index (κ3) is 3.67. The molecule has 3 amide bonds. The molecule has 0 bridgehead atoms. The van der Waals surface area contributed by atoms with Gasteiger partial charge in [0, 0.05) is 14.1 Å². The van der Waals surface area contributed by atoms with Crippen molar-refractivity contribution < 1.29 is 9.59 Å². The molecule has 0 fully saturated rings. The quantitative estimate of drug-likeness (QED) is 0.846. The Hall–Kier alpha value is -2.28. The summed E-state index contributed by atoms with van der Waals surface area (Å²) >= 11 is 1.31. The van der Waals surface area contributed by atoms with Gasteiger partial charge in [0.05, 0.1) is 17.1 Å². The summed E-state index contributed by atoms with van der Waals surface area (Å²) in [6.45, 7) is 1.74. The first-order valence-electron chi connectivity index (χ1n) is 6.79. The molecule has 2 rings (SSSR count). The molecule has 1 heterocycles. The first kappa shape index (κ1) is 16.1. The summed E-state index contributed by atoms with van der Waals surface area (Å²) in [6, 6.07) is 9.40. The molecule has 6 nitrogen and oxygen atoms in total. The molecule has 2 aromatic rings. The topological polar surface area (TPSA) is 76.0 Å². The van der Waals surface area contributed by atoms with E-state index in [1.165, 1.54) is 18.8 Å². The standard InChI is InChI=1S/C15H18N4O2S/c1-10(13(20)18-14(21)16-2)22-15-17-9-12(19(15)3)11-7-5-4-6-8-11/h4-10H,1-3H3,(H2,16,18,20,21). The summed E-state index contributed by atoms with van der Waals surface area (Å²) in [5.74, 6) is -0.353. The summed E-state index contributed by atoms with van der Waals surface area (Å²) in [5.41, 5.74) is 2.04. The number of imide groups is 1. The van der Waals surface area contributed by atoms with E-state index in [9.17, 15) is 9.59 Å². The second-order valence-corrected chi connectivity index (χ2v) is 5.99. The van der Waals surface area contributed by atoms with Crippen LogP contribution in [-0.4, -0.2) is 33.8 Å². The highest BCUT2D eigenvalue weighted by molar-refractivity contribution is 8.00. The van der Waals surface area contributed by atoms with Gasteiger partial charge in [0.15, 0.2) is 5.16 Å². The van der Waals surface area contributed by atoms with E-state index in [0.717, 1.165) is 16.4 Å². The maximum absolute atomic E-state index is 11.9. The summed E-state index contributed by atoms with van der Waals surface area (Å²) in [6.07, 6.45) is 1.78. The van der Waals surface area contributed by atoms with Crippen molar-refractivity contribution in [2.75, 3.05) is 7.05 Å². The van der Waals surface area contributed by atoms with Gasteiger partial charge in [-0.3, -0.25) is 10.1 Å². The Kier molecular flexibility index (Phi) is 5.21. The largest absolute Gasteiger partial charge is 0.341 e. The number of benzene rings is 1. The van der Waals surface area contributed by atoms with Crippen molar-refractivity contribution in [3.8, 4) is 11.3 Å². The highest BCUT2D eigenvalue weighted by atomic mass is 32.2. The number of carbonyl (C=O) groups excluding carboxylic acids is 2. The fraction of sp³-hybridized carbons (Fsp3) is 0.267. The number of aromatic nitrogens is 2. The van der Waals surface area contributed by atoms with Crippen LogP contribution in [0.2, 0.25) is 0 Å². The Morgan fingerprint density at radius 3 is 2.59 bits per heavy atom. The monoisotopic (exact) mass is 318 g/mol. The minimum absolute atomic E-state index is 0.353. The van der Waals surface area contributed by atoms with E-state index in [-0.39, 0.29) is 5.91 Å². The number of nitrogens with one attached hydrogen (secondary N) is 2. The predicted molar refractivity (Wildman–Crippen MR) is 86.6 cm³/mol. The number of hydrogen-bond donors (Lipinski definition) is 2. The van der Waals surface area contributed by atoms with E-state index in [2.05, 4.69) is 15.6 Å². The Bertz CT molecular complexity index is 669. The molecule has 0 aliphatic heterocycles. The SMILES string of the molecule is CNC(=O)NC(=O)C(C)Sc1ncc(-c2ccccc2)n1C. The number of nitrogens with zero attached hydrogens (tertiary/aromatic N) is 2. The minimum Gasteiger partial charge on any atom is -0.341 e. The molecule has 1 atom stereocenters. The van der Waals surface area contributed by atoms with Crippen LogP contribution in [0.15, 0.2) is 41.7 Å². The molecule has 0 radical (unpaired) electrons. The van der Waals surface area contributed by atoms with Crippen LogP contribution in [0.1, 0.15) is 6.92 Å². The molecule has 0 saturated carbocycles. The number of hydrogen-bond acceptors (Lipinski definition) is 4. The number of imidazole rings is 1. The predicted octanol–water partition coefficient (Wildman–Crippen LogP) is 2.02. The van der Waals surface area contributed by atoms with Crippen LogP contribution >= 0.6 is 11.8 Å². The Labute approximate surface area is 133 Å². The maximum Gasteiger partial charge on any atom is 0.321 e. The van der Waals surface area contributed by atoms with E-state index in [4.69, 9.17) is 0 Å². The first-order valence-corrected chi connectivity index (χ1v) is 7.67. The van der Waals surface area contributed by atoms with Crippen molar-refractivity contribution in [2.24, 2.45) is 7.05 Å². The number of amides is 3. The lowest BCUT2D eigenvalue weighted by molar-refractivity contribution is -0.119. The van der Waals surface area contributed by atoms with Gasteiger partial charge in [-0.05, 0) is 12.5 Å². The van der Waals surface area contributed by atoms with Gasteiger partial charge < -0.3 is 9.88 Å². The zero-order valence-corrected chi connectivity index (χ0v) is 13.5. The summed E-state index contributed by atoms with van der Waals surface area (Å²) < 4.78 is 1.93. The van der Waals surface area contributed by atoms with Crippen molar-refractivity contribution >= 4 is 23.7 Å². The zero-order chi connectivity index (χ0) is 16.1. The molecule has 0 aliphatic carbocycles. The van der Waals surface area contributed by atoms with E-state index in [1.54, 1.807) is 13.1 Å². The molecule has 0 saturated heterocycles. The average molecular weight is 318 g/mol. The fourth-order valence-corrected chi connectivity index (χ4v) is 2.72. The van der Waals surface area contributed by atoms with Crippen molar-refractivity contribution in [2.45, 2.75) is 17.3 Å². The number of carbonyl (C=O) groups is 2. The van der Waals surface area contributed by atoms with Gasteiger partial charge in [-0.25, -0.2) is 9.78 Å². The Morgan fingerprint density at radius 2 is 1.95 bits per heavy atom. The van der Waals surface area contributed by atoms with Gasteiger partial charge in [0.2, 0.25) is 5.91 Å². The third-order valence-corrected chi connectivity index (χ3v) is 4.29. The lowest BCUT2D eigenvalue weighted by atomic mass is 10.2. The third-order valence-electron chi connectivity index (χ3n) is 3.13. The molecule has 1 unspecified atom stereocenters. The molecule has 0 aliphatic rings. The smallest absolute Gasteiger partial charge is 0.321 e. The summed E-state index contributed by atoms with van der Waals surface area (Å²) in [5, 5.41) is 4.90. The average Bonchev–Trinajstić information content (AvgIpc) is 2.89. The van der Waals surface area contributed by atoms with Crippen molar-refractivity contribution in [1.29, 1.82) is 0 Å². The number of thioether (sulfide) groups is 1. The van der Waals surface area contributed by atoms with Gasteiger partial charge in [-0.15, -0.1) is 0 Å². The van der Waals surface area contributed by atoms with Gasteiger partial charge in [0.25, 0.3) is 0 Å². The molecule has 7 heteroatoms. The van der Waals surface area contributed by atoms with Gasteiger partial charge in [-0.1, -0.05) is 42.1 Å². The van der Waals surface area contributed by atoms with E-state index in [0.29, 0.717) is 0 Å². The van der Waals surface area contributed by atoms with Crippen molar-refractivity contribution in [3.63, 3.8) is 0 Å². The van der Waals surface area contributed by atoms with Gasteiger partial charge in [0.1, 0.15) is 0 Å². The van der Waals surface area contributed by atoms with Crippen LogP contribution in [0.4, 0.5) is 4.79 Å². The molecular weight excluding hydrogens is 300 g/mol. The van der Waals surface area contributed by atoms with Crippen LogP contribution in [0.5, 0.6) is 0 Å². The first-order chi connectivity index (χ1) is 10.5. The molecular formula is C15H18N4O2S. The number of rotatable bonds is 4. The highest BCUT2D eigenvalue weighted by Gasteiger charge is 2.19.